The lowest BCUT2D eigenvalue weighted by atomic mass is 10.0. The van der Waals surface area contributed by atoms with E-state index in [1.54, 1.807) is 0 Å². The van der Waals surface area contributed by atoms with Gasteiger partial charge in [-0.1, -0.05) is 36.4 Å². The first-order valence-corrected chi connectivity index (χ1v) is 10.1. The van der Waals surface area contributed by atoms with Gasteiger partial charge >= 0.3 is 0 Å². The number of likely N-dealkylation sites (tertiary alicyclic amines) is 1. The lowest BCUT2D eigenvalue weighted by Crippen LogP contribution is -2.45. The fourth-order valence-electron chi connectivity index (χ4n) is 3.58. The predicted octanol–water partition coefficient (Wildman–Crippen LogP) is 4.29. The number of rotatable bonds is 7. The van der Waals surface area contributed by atoms with Crippen LogP contribution in [0.2, 0.25) is 0 Å². The Balaban J connectivity index is 0.00000225. The summed E-state index contributed by atoms with van der Waals surface area (Å²) in [5, 5.41) is 3.67. The first kappa shape index (κ1) is 20.7. The van der Waals surface area contributed by atoms with E-state index in [0.717, 1.165) is 49.7 Å². The topological polar surface area (TPSA) is 41.6 Å². The molecule has 4 rings (SSSR count). The van der Waals surface area contributed by atoms with Gasteiger partial charge in [0.2, 0.25) is 0 Å². The van der Waals surface area contributed by atoms with Crippen molar-refractivity contribution in [2.75, 3.05) is 19.6 Å². The molecule has 4 nitrogen and oxygen atoms in total. The highest BCUT2D eigenvalue weighted by Gasteiger charge is 2.26. The Kier molecular flexibility index (Phi) is 7.35. The van der Waals surface area contributed by atoms with E-state index in [-0.39, 0.29) is 18.3 Å². The highest BCUT2D eigenvalue weighted by molar-refractivity contribution is 5.94. The maximum absolute atomic E-state index is 12.9. The number of hydrogen-bond donors (Lipinski definition) is 1. The number of nitrogens with zero attached hydrogens (tertiary/aromatic N) is 1. The van der Waals surface area contributed by atoms with E-state index in [0.29, 0.717) is 18.2 Å². The lowest BCUT2D eigenvalue weighted by molar-refractivity contribution is 0.0704. The van der Waals surface area contributed by atoms with Crippen LogP contribution in [0.15, 0.2) is 54.6 Å². The second kappa shape index (κ2) is 9.94. The molecule has 1 N–H and O–H groups in total. The van der Waals surface area contributed by atoms with Gasteiger partial charge < -0.3 is 15.0 Å². The molecule has 0 atom stereocenters. The monoisotopic (exact) mass is 400 g/mol. The van der Waals surface area contributed by atoms with Crippen molar-refractivity contribution in [2.24, 2.45) is 5.92 Å². The molecule has 1 aliphatic heterocycles. The van der Waals surface area contributed by atoms with E-state index in [1.807, 2.05) is 59.5 Å². The van der Waals surface area contributed by atoms with Gasteiger partial charge in [0.05, 0.1) is 0 Å². The quantitative estimate of drug-likeness (QED) is 0.753. The second-order valence-corrected chi connectivity index (χ2v) is 7.72. The fourth-order valence-corrected chi connectivity index (χ4v) is 3.58. The van der Waals surface area contributed by atoms with Crippen LogP contribution in [0.4, 0.5) is 0 Å². The molecule has 150 valence electrons. The number of hydrogen-bond acceptors (Lipinski definition) is 3. The number of halogens is 1. The molecule has 2 aromatic rings. The van der Waals surface area contributed by atoms with Gasteiger partial charge in [0, 0.05) is 24.7 Å². The summed E-state index contributed by atoms with van der Waals surface area (Å²) in [6.45, 7) is 3.32. The smallest absolute Gasteiger partial charge is 0.253 e. The zero-order valence-corrected chi connectivity index (χ0v) is 17.0. The number of carbonyl (C=O) groups is 1. The maximum Gasteiger partial charge on any atom is 0.253 e. The van der Waals surface area contributed by atoms with Gasteiger partial charge in [-0.3, -0.25) is 4.79 Å². The summed E-state index contributed by atoms with van der Waals surface area (Å²) in [7, 11) is 0. The number of ether oxygens (including phenoxy) is 1. The summed E-state index contributed by atoms with van der Waals surface area (Å²) in [6, 6.07) is 18.2. The average Bonchev–Trinajstić information content (AvgIpc) is 3.56. The summed E-state index contributed by atoms with van der Waals surface area (Å²) in [6.07, 6.45) is 4.85. The molecule has 2 aliphatic rings. The fraction of sp³-hybridized carbons (Fsp3) is 0.435. The van der Waals surface area contributed by atoms with E-state index in [1.165, 1.54) is 12.8 Å². The van der Waals surface area contributed by atoms with Gasteiger partial charge in [0.25, 0.3) is 5.91 Å². The molecule has 0 bridgehead atoms. The minimum absolute atomic E-state index is 0. The highest BCUT2D eigenvalue weighted by atomic mass is 35.5. The van der Waals surface area contributed by atoms with Gasteiger partial charge in [0.1, 0.15) is 12.4 Å². The van der Waals surface area contributed by atoms with Crippen LogP contribution < -0.4 is 10.1 Å². The second-order valence-electron chi connectivity index (χ2n) is 7.72. The number of nitrogens with one attached hydrogen (secondary N) is 1. The summed E-state index contributed by atoms with van der Waals surface area (Å²) < 4.78 is 5.87. The van der Waals surface area contributed by atoms with E-state index < -0.39 is 0 Å². The molecular formula is C23H29ClN2O2. The molecule has 5 heteroatoms. The molecule has 0 radical (unpaired) electrons. The molecule has 28 heavy (non-hydrogen) atoms. The highest BCUT2D eigenvalue weighted by Crippen LogP contribution is 2.28. The molecule has 0 spiro atoms. The van der Waals surface area contributed by atoms with Gasteiger partial charge in [-0.05, 0) is 61.9 Å². The van der Waals surface area contributed by atoms with Crippen LogP contribution >= 0.6 is 12.4 Å². The van der Waals surface area contributed by atoms with Crippen LogP contribution in [-0.4, -0.2) is 36.5 Å². The number of amides is 1. The first-order chi connectivity index (χ1) is 13.3. The van der Waals surface area contributed by atoms with Crippen LogP contribution in [0.5, 0.6) is 5.75 Å². The van der Waals surface area contributed by atoms with E-state index >= 15 is 0 Å². The van der Waals surface area contributed by atoms with Crippen molar-refractivity contribution < 1.29 is 9.53 Å². The van der Waals surface area contributed by atoms with Crippen molar-refractivity contribution in [3.8, 4) is 5.75 Å². The molecule has 1 saturated heterocycles. The molecular weight excluding hydrogens is 372 g/mol. The summed E-state index contributed by atoms with van der Waals surface area (Å²) in [5.41, 5.74) is 1.83. The lowest BCUT2D eigenvalue weighted by Gasteiger charge is -2.32. The molecule has 0 unspecified atom stereocenters. The van der Waals surface area contributed by atoms with Crippen LogP contribution in [0.3, 0.4) is 0 Å². The standard InChI is InChI=1S/C23H28N2O2.ClH/c26-23(25-13-11-21(12-14-25)24-16-18-9-10-18)20-7-4-8-22(15-20)27-17-19-5-2-1-3-6-19;/h1-8,15,18,21,24H,9-14,16-17H2;1H. The molecule has 1 amide bonds. The van der Waals surface area contributed by atoms with E-state index in [9.17, 15) is 4.79 Å². The van der Waals surface area contributed by atoms with Crippen molar-refractivity contribution in [2.45, 2.75) is 38.3 Å². The molecule has 1 aliphatic carbocycles. The van der Waals surface area contributed by atoms with Gasteiger partial charge in [-0.25, -0.2) is 0 Å². The Hall–Kier alpha value is -2.04. The van der Waals surface area contributed by atoms with Crippen LogP contribution in [-0.2, 0) is 6.61 Å². The predicted molar refractivity (Wildman–Crippen MR) is 114 cm³/mol. The Bertz CT molecular complexity index is 756. The SMILES string of the molecule is Cl.O=C(c1cccc(OCc2ccccc2)c1)N1CCC(NCC2CC2)CC1. The van der Waals surface area contributed by atoms with Gasteiger partial charge in [-0.15, -0.1) is 12.4 Å². The Morgan fingerprint density at radius 1 is 1.00 bits per heavy atom. The molecule has 1 saturated carbocycles. The first-order valence-electron chi connectivity index (χ1n) is 10.1. The van der Waals surface area contributed by atoms with Gasteiger partial charge in [0.15, 0.2) is 0 Å². The van der Waals surface area contributed by atoms with Crippen LogP contribution in [0.25, 0.3) is 0 Å². The van der Waals surface area contributed by atoms with Crippen molar-refractivity contribution in [1.82, 2.24) is 10.2 Å². The molecule has 2 fully saturated rings. The third kappa shape index (κ3) is 5.73. The maximum atomic E-state index is 12.9. The normalized spacial score (nSPS) is 17.1. The van der Waals surface area contributed by atoms with Crippen LogP contribution in [0.1, 0.15) is 41.6 Å². The Morgan fingerprint density at radius 3 is 2.46 bits per heavy atom. The zero-order valence-electron chi connectivity index (χ0n) is 16.2. The molecule has 2 aromatic carbocycles. The minimum Gasteiger partial charge on any atom is -0.489 e. The third-order valence-electron chi connectivity index (χ3n) is 5.50. The van der Waals surface area contributed by atoms with Crippen molar-refractivity contribution >= 4 is 18.3 Å². The minimum atomic E-state index is 0. The van der Waals surface area contributed by atoms with Gasteiger partial charge in [-0.2, -0.15) is 0 Å². The van der Waals surface area contributed by atoms with Crippen molar-refractivity contribution in [1.29, 1.82) is 0 Å². The number of piperidine rings is 1. The summed E-state index contributed by atoms with van der Waals surface area (Å²) in [4.78, 5) is 14.8. The number of carbonyl (C=O) groups excluding carboxylic acids is 1. The van der Waals surface area contributed by atoms with E-state index in [4.69, 9.17) is 4.74 Å². The molecule has 0 aromatic heterocycles. The Morgan fingerprint density at radius 2 is 1.75 bits per heavy atom. The van der Waals surface area contributed by atoms with Crippen molar-refractivity contribution in [3.63, 3.8) is 0 Å². The third-order valence-corrected chi connectivity index (χ3v) is 5.50. The Labute approximate surface area is 173 Å². The average molecular weight is 401 g/mol. The summed E-state index contributed by atoms with van der Waals surface area (Å²) >= 11 is 0. The largest absolute Gasteiger partial charge is 0.489 e. The van der Waals surface area contributed by atoms with E-state index in [2.05, 4.69) is 5.32 Å². The summed E-state index contributed by atoms with van der Waals surface area (Å²) in [5.74, 6) is 1.76. The molecule has 1 heterocycles. The van der Waals surface area contributed by atoms with Crippen LogP contribution in [0, 0.1) is 5.92 Å². The van der Waals surface area contributed by atoms with Crippen molar-refractivity contribution in [3.05, 3.63) is 65.7 Å². The zero-order chi connectivity index (χ0) is 18.5. The number of benzene rings is 2.